The number of carbonyl (C=O) groups is 3. The molecule has 4 N–H and O–H groups in total. The van der Waals surface area contributed by atoms with Gasteiger partial charge in [-0.25, -0.2) is 4.79 Å². The molecule has 0 aliphatic carbocycles. The topological polar surface area (TPSA) is 108 Å². The lowest BCUT2D eigenvalue weighted by Gasteiger charge is -2.20. The summed E-state index contributed by atoms with van der Waals surface area (Å²) in [5, 5.41) is 15.9. The van der Waals surface area contributed by atoms with Crippen LogP contribution < -0.4 is 16.0 Å². The molecule has 1 atom stereocenters. The molecular formula is C10H19N3O4. The number of aliphatic carboxylic acids is 1. The zero-order chi connectivity index (χ0) is 13.4. The highest BCUT2D eigenvalue weighted by Gasteiger charge is 2.19. The van der Waals surface area contributed by atoms with Crippen molar-refractivity contribution in [1.29, 1.82) is 0 Å². The van der Waals surface area contributed by atoms with Crippen molar-refractivity contribution in [2.24, 2.45) is 5.92 Å². The van der Waals surface area contributed by atoms with Crippen LogP contribution in [0.1, 0.15) is 20.3 Å². The minimum atomic E-state index is -0.977. The third-order valence-electron chi connectivity index (χ3n) is 2.20. The van der Waals surface area contributed by atoms with Crippen molar-refractivity contribution in [2.45, 2.75) is 26.3 Å². The van der Waals surface area contributed by atoms with E-state index in [0.29, 0.717) is 0 Å². The first kappa shape index (κ1) is 15.2. The normalized spacial score (nSPS) is 11.8. The van der Waals surface area contributed by atoms with Gasteiger partial charge in [-0.1, -0.05) is 13.8 Å². The quantitative estimate of drug-likeness (QED) is 0.507. The summed E-state index contributed by atoms with van der Waals surface area (Å²) < 4.78 is 0. The van der Waals surface area contributed by atoms with Crippen molar-refractivity contribution < 1.29 is 19.5 Å². The average molecular weight is 245 g/mol. The lowest BCUT2D eigenvalue weighted by molar-refractivity contribution is -0.137. The Bertz CT molecular complexity index is 291. The van der Waals surface area contributed by atoms with E-state index in [4.69, 9.17) is 5.11 Å². The summed E-state index contributed by atoms with van der Waals surface area (Å²) in [4.78, 5) is 32.8. The van der Waals surface area contributed by atoms with E-state index in [-0.39, 0.29) is 24.8 Å². The molecule has 0 bridgehead atoms. The average Bonchev–Trinajstić information content (AvgIpc) is 2.24. The van der Waals surface area contributed by atoms with Crippen LogP contribution in [0.15, 0.2) is 0 Å². The molecule has 7 nitrogen and oxygen atoms in total. The zero-order valence-corrected chi connectivity index (χ0v) is 10.2. The van der Waals surface area contributed by atoms with Crippen LogP contribution in [0.2, 0.25) is 0 Å². The number of hydrogen-bond donors (Lipinski definition) is 4. The molecule has 0 heterocycles. The van der Waals surface area contributed by atoms with E-state index in [2.05, 4.69) is 16.0 Å². The summed E-state index contributed by atoms with van der Waals surface area (Å²) in [5.41, 5.74) is 0. The number of urea groups is 1. The van der Waals surface area contributed by atoms with Crippen molar-refractivity contribution in [1.82, 2.24) is 16.0 Å². The Balaban J connectivity index is 4.12. The molecule has 7 heteroatoms. The summed E-state index contributed by atoms with van der Waals surface area (Å²) in [6, 6.07) is -1.01. The molecule has 3 amide bonds. The number of nitrogens with one attached hydrogen (secondary N) is 3. The monoisotopic (exact) mass is 245 g/mol. The molecule has 0 aromatic heterocycles. The Kier molecular flexibility index (Phi) is 6.69. The van der Waals surface area contributed by atoms with Gasteiger partial charge in [0.15, 0.2) is 0 Å². The lowest BCUT2D eigenvalue weighted by atomic mass is 10.0. The zero-order valence-electron chi connectivity index (χ0n) is 10.2. The third kappa shape index (κ3) is 7.15. The van der Waals surface area contributed by atoms with Crippen LogP contribution in [-0.2, 0) is 9.59 Å². The Labute approximate surface area is 100.0 Å². The fourth-order valence-electron chi connectivity index (χ4n) is 1.11. The molecule has 0 aliphatic rings. The van der Waals surface area contributed by atoms with Crippen LogP contribution in [0.5, 0.6) is 0 Å². The lowest BCUT2D eigenvalue weighted by Crippen LogP contribution is -2.47. The van der Waals surface area contributed by atoms with Gasteiger partial charge in [0.2, 0.25) is 5.91 Å². The summed E-state index contributed by atoms with van der Waals surface area (Å²) in [5.74, 6) is -1.30. The first-order chi connectivity index (χ1) is 7.86. The smallest absolute Gasteiger partial charge is 0.315 e. The Morgan fingerprint density at radius 1 is 1.24 bits per heavy atom. The minimum absolute atomic E-state index is 0.00292. The van der Waals surface area contributed by atoms with Gasteiger partial charge in [-0.05, 0) is 5.92 Å². The van der Waals surface area contributed by atoms with Crippen LogP contribution in [0.3, 0.4) is 0 Å². The number of hydrogen-bond acceptors (Lipinski definition) is 3. The van der Waals surface area contributed by atoms with Crippen molar-refractivity contribution in [3.05, 3.63) is 0 Å². The molecule has 0 radical (unpaired) electrons. The molecule has 0 spiro atoms. The van der Waals surface area contributed by atoms with E-state index in [1.54, 1.807) is 0 Å². The van der Waals surface area contributed by atoms with E-state index < -0.39 is 18.0 Å². The Morgan fingerprint density at radius 3 is 2.24 bits per heavy atom. The number of carboxylic acid groups (broad SMARTS) is 1. The van der Waals surface area contributed by atoms with Crippen molar-refractivity contribution in [2.75, 3.05) is 13.6 Å². The maximum Gasteiger partial charge on any atom is 0.315 e. The molecular weight excluding hydrogens is 226 g/mol. The first-order valence-electron chi connectivity index (χ1n) is 5.33. The molecule has 0 aromatic rings. The van der Waals surface area contributed by atoms with E-state index in [0.717, 1.165) is 0 Å². The summed E-state index contributed by atoms with van der Waals surface area (Å²) in [6.45, 7) is 3.49. The fraction of sp³-hybridized carbons (Fsp3) is 0.700. The van der Waals surface area contributed by atoms with Gasteiger partial charge in [-0.2, -0.15) is 0 Å². The van der Waals surface area contributed by atoms with Gasteiger partial charge >= 0.3 is 12.0 Å². The molecule has 1 unspecified atom stereocenters. The van der Waals surface area contributed by atoms with Gasteiger partial charge in [0, 0.05) is 13.1 Å². The maximum atomic E-state index is 11.4. The number of rotatable bonds is 6. The van der Waals surface area contributed by atoms with E-state index in [1.807, 2.05) is 13.8 Å². The Morgan fingerprint density at radius 2 is 1.82 bits per heavy atom. The van der Waals surface area contributed by atoms with Gasteiger partial charge in [0.1, 0.15) is 0 Å². The summed E-state index contributed by atoms with van der Waals surface area (Å²) in [7, 11) is 1.46. The van der Waals surface area contributed by atoms with Crippen LogP contribution in [0, 0.1) is 5.92 Å². The SMILES string of the molecule is CNC(=O)CNC(=O)NC(CC(=O)O)C(C)C. The fourth-order valence-corrected chi connectivity index (χ4v) is 1.11. The van der Waals surface area contributed by atoms with Crippen LogP contribution >= 0.6 is 0 Å². The standard InChI is InChI=1S/C10H19N3O4/c1-6(2)7(4-9(15)16)13-10(17)12-5-8(14)11-3/h6-7H,4-5H2,1-3H3,(H,11,14)(H,15,16)(H2,12,13,17). The van der Waals surface area contributed by atoms with Crippen LogP contribution in [-0.4, -0.2) is 42.6 Å². The Hall–Kier alpha value is -1.79. The van der Waals surface area contributed by atoms with E-state index >= 15 is 0 Å². The second kappa shape index (κ2) is 7.48. The number of carboxylic acids is 1. The van der Waals surface area contributed by atoms with Gasteiger partial charge < -0.3 is 21.1 Å². The molecule has 0 saturated carbocycles. The van der Waals surface area contributed by atoms with Crippen LogP contribution in [0.4, 0.5) is 4.79 Å². The van der Waals surface area contributed by atoms with Gasteiger partial charge in [-0.15, -0.1) is 0 Å². The van der Waals surface area contributed by atoms with Gasteiger partial charge in [0.25, 0.3) is 0 Å². The van der Waals surface area contributed by atoms with Gasteiger partial charge in [0.05, 0.1) is 13.0 Å². The van der Waals surface area contributed by atoms with Crippen LogP contribution in [0.25, 0.3) is 0 Å². The highest BCUT2D eigenvalue weighted by molar-refractivity contribution is 5.84. The largest absolute Gasteiger partial charge is 0.481 e. The molecule has 17 heavy (non-hydrogen) atoms. The maximum absolute atomic E-state index is 11.4. The molecule has 98 valence electrons. The summed E-state index contributed by atoms with van der Waals surface area (Å²) >= 11 is 0. The van der Waals surface area contributed by atoms with Crippen molar-refractivity contribution in [3.8, 4) is 0 Å². The van der Waals surface area contributed by atoms with Gasteiger partial charge in [-0.3, -0.25) is 9.59 Å². The molecule has 0 saturated heterocycles. The molecule has 0 rings (SSSR count). The highest BCUT2D eigenvalue weighted by Crippen LogP contribution is 2.05. The number of amides is 3. The van der Waals surface area contributed by atoms with E-state index in [9.17, 15) is 14.4 Å². The molecule has 0 aromatic carbocycles. The molecule has 0 fully saturated rings. The minimum Gasteiger partial charge on any atom is -0.481 e. The predicted octanol–water partition coefficient (Wildman–Crippen LogP) is -0.469. The first-order valence-corrected chi connectivity index (χ1v) is 5.33. The number of likely N-dealkylation sites (N-methyl/N-ethyl adjacent to an activating group) is 1. The highest BCUT2D eigenvalue weighted by atomic mass is 16.4. The number of carbonyl (C=O) groups excluding carboxylic acids is 2. The predicted molar refractivity (Wildman–Crippen MR) is 61.5 cm³/mol. The second-order valence-electron chi connectivity index (χ2n) is 3.95. The van der Waals surface area contributed by atoms with E-state index in [1.165, 1.54) is 7.05 Å². The second-order valence-corrected chi connectivity index (χ2v) is 3.95. The molecule has 0 aliphatic heterocycles. The van der Waals surface area contributed by atoms with Crippen molar-refractivity contribution >= 4 is 17.9 Å². The third-order valence-corrected chi connectivity index (χ3v) is 2.20. The van der Waals surface area contributed by atoms with Crippen molar-refractivity contribution in [3.63, 3.8) is 0 Å². The summed E-state index contributed by atoms with van der Waals surface area (Å²) in [6.07, 6.45) is -0.148.